The quantitative estimate of drug-likeness (QED) is 0.862. The van der Waals surface area contributed by atoms with Crippen LogP contribution in [0.4, 0.5) is 0 Å². The van der Waals surface area contributed by atoms with Crippen LogP contribution >= 0.6 is 0 Å². The summed E-state index contributed by atoms with van der Waals surface area (Å²) in [4.78, 5) is 19.3. The van der Waals surface area contributed by atoms with E-state index in [2.05, 4.69) is 9.88 Å². The molecule has 1 aromatic heterocycles. The first-order valence-corrected chi connectivity index (χ1v) is 8.92. The van der Waals surface area contributed by atoms with Crippen LogP contribution in [0.25, 0.3) is 0 Å². The Bertz CT molecular complexity index is 552. The molecule has 2 heterocycles. The van der Waals surface area contributed by atoms with E-state index < -0.39 is 0 Å². The number of aryl methyl sites for hydroxylation is 1. The van der Waals surface area contributed by atoms with Crippen molar-refractivity contribution >= 4 is 0 Å². The second kappa shape index (κ2) is 6.95. The highest BCUT2D eigenvalue weighted by Crippen LogP contribution is 2.27. The molecule has 122 valence electrons. The van der Waals surface area contributed by atoms with Crippen LogP contribution in [0.3, 0.4) is 0 Å². The van der Waals surface area contributed by atoms with E-state index in [0.717, 1.165) is 23.8 Å². The Morgan fingerprint density at radius 1 is 1.09 bits per heavy atom. The van der Waals surface area contributed by atoms with Crippen molar-refractivity contribution in [3.63, 3.8) is 0 Å². The molecule has 4 heteroatoms. The third-order valence-corrected chi connectivity index (χ3v) is 5.71. The second-order valence-corrected chi connectivity index (χ2v) is 7.18. The van der Waals surface area contributed by atoms with Crippen LogP contribution in [0.2, 0.25) is 0 Å². The van der Waals surface area contributed by atoms with Crippen LogP contribution in [0, 0.1) is 19.8 Å². The van der Waals surface area contributed by atoms with Crippen LogP contribution in [-0.2, 0) is 6.54 Å². The summed E-state index contributed by atoms with van der Waals surface area (Å²) in [6.07, 6.45) is 11.2. The van der Waals surface area contributed by atoms with E-state index in [1.54, 1.807) is 6.33 Å². The molecule has 22 heavy (non-hydrogen) atoms. The molecular weight excluding hydrogens is 274 g/mol. The second-order valence-electron chi connectivity index (χ2n) is 7.18. The van der Waals surface area contributed by atoms with Crippen LogP contribution < -0.4 is 5.56 Å². The number of hydrogen-bond donors (Lipinski definition) is 0. The molecule has 1 aromatic rings. The largest absolute Gasteiger partial charge is 0.300 e. The molecular formula is C18H29N3O. The zero-order valence-corrected chi connectivity index (χ0v) is 14.1. The fraction of sp³-hybridized carbons (Fsp3) is 0.778. The molecule has 1 aliphatic carbocycles. The highest BCUT2D eigenvalue weighted by atomic mass is 16.1. The normalized spacial score (nSPS) is 22.1. The first-order valence-electron chi connectivity index (χ1n) is 8.92. The van der Waals surface area contributed by atoms with Gasteiger partial charge in [0, 0.05) is 23.8 Å². The van der Waals surface area contributed by atoms with E-state index in [0.29, 0.717) is 5.92 Å². The number of nitrogens with zero attached hydrogens (tertiary/aromatic N) is 3. The van der Waals surface area contributed by atoms with Gasteiger partial charge >= 0.3 is 0 Å². The van der Waals surface area contributed by atoms with Gasteiger partial charge in [-0.25, -0.2) is 4.98 Å². The zero-order chi connectivity index (χ0) is 15.5. The van der Waals surface area contributed by atoms with Crippen molar-refractivity contribution in [2.75, 3.05) is 13.1 Å². The Labute approximate surface area is 133 Å². The van der Waals surface area contributed by atoms with Gasteiger partial charge in [-0.3, -0.25) is 9.36 Å². The van der Waals surface area contributed by atoms with E-state index in [9.17, 15) is 4.79 Å². The summed E-state index contributed by atoms with van der Waals surface area (Å²) in [5, 5.41) is 0. The maximum Gasteiger partial charge on any atom is 0.256 e. The van der Waals surface area contributed by atoms with Crippen molar-refractivity contribution in [1.82, 2.24) is 14.5 Å². The molecule has 2 fully saturated rings. The third kappa shape index (κ3) is 3.43. The van der Waals surface area contributed by atoms with Gasteiger partial charge in [-0.1, -0.05) is 19.3 Å². The van der Waals surface area contributed by atoms with E-state index >= 15 is 0 Å². The summed E-state index contributed by atoms with van der Waals surface area (Å²) in [6, 6.07) is 0.834. The van der Waals surface area contributed by atoms with Crippen LogP contribution in [0.1, 0.15) is 56.2 Å². The van der Waals surface area contributed by atoms with Gasteiger partial charge in [-0.05, 0) is 58.5 Å². The molecule has 0 atom stereocenters. The van der Waals surface area contributed by atoms with Gasteiger partial charge in [-0.2, -0.15) is 0 Å². The Morgan fingerprint density at radius 2 is 1.77 bits per heavy atom. The lowest BCUT2D eigenvalue weighted by atomic mass is 9.90. The average Bonchev–Trinajstić information content (AvgIpc) is 2.57. The van der Waals surface area contributed by atoms with Gasteiger partial charge < -0.3 is 4.90 Å². The van der Waals surface area contributed by atoms with Gasteiger partial charge in [0.15, 0.2) is 0 Å². The SMILES string of the molecule is Cc1ncn(CC2CCN(C3CCCCC3)CC2)c(=O)c1C. The number of aromatic nitrogens is 2. The third-order valence-electron chi connectivity index (χ3n) is 5.71. The van der Waals surface area contributed by atoms with Gasteiger partial charge in [0.25, 0.3) is 5.56 Å². The minimum Gasteiger partial charge on any atom is -0.300 e. The van der Waals surface area contributed by atoms with Crippen LogP contribution in [-0.4, -0.2) is 33.6 Å². The zero-order valence-electron chi connectivity index (χ0n) is 14.1. The standard InChI is InChI=1S/C18H29N3O/c1-14-15(2)19-13-21(18(14)22)12-16-8-10-20(11-9-16)17-6-4-3-5-7-17/h13,16-17H,3-12H2,1-2H3. The van der Waals surface area contributed by atoms with Gasteiger partial charge in [-0.15, -0.1) is 0 Å². The lowest BCUT2D eigenvalue weighted by Crippen LogP contribution is -2.43. The molecule has 1 saturated carbocycles. The number of hydrogen-bond acceptors (Lipinski definition) is 3. The Morgan fingerprint density at radius 3 is 2.45 bits per heavy atom. The summed E-state index contributed by atoms with van der Waals surface area (Å²) in [6.45, 7) is 7.05. The van der Waals surface area contributed by atoms with Gasteiger partial charge in [0.2, 0.25) is 0 Å². The minimum absolute atomic E-state index is 0.141. The van der Waals surface area contributed by atoms with Crippen molar-refractivity contribution in [2.45, 2.75) is 71.4 Å². The number of rotatable bonds is 3. The Kier molecular flexibility index (Phi) is 4.97. The maximum atomic E-state index is 12.3. The lowest BCUT2D eigenvalue weighted by Gasteiger charge is -2.39. The first-order chi connectivity index (χ1) is 10.6. The van der Waals surface area contributed by atoms with E-state index in [4.69, 9.17) is 0 Å². The summed E-state index contributed by atoms with van der Waals surface area (Å²) in [7, 11) is 0. The fourth-order valence-electron chi connectivity index (χ4n) is 4.03. The Balaban J connectivity index is 1.56. The molecule has 0 bridgehead atoms. The molecule has 4 nitrogen and oxygen atoms in total. The Hall–Kier alpha value is -1.16. The monoisotopic (exact) mass is 303 g/mol. The molecule has 0 aromatic carbocycles. The summed E-state index contributed by atoms with van der Waals surface area (Å²) >= 11 is 0. The molecule has 0 N–H and O–H groups in total. The van der Waals surface area contributed by atoms with Crippen molar-refractivity contribution in [3.8, 4) is 0 Å². The summed E-state index contributed by atoms with van der Waals surface area (Å²) in [5.74, 6) is 0.626. The maximum absolute atomic E-state index is 12.3. The predicted octanol–water partition coefficient (Wildman–Crippen LogP) is 2.90. The van der Waals surface area contributed by atoms with Crippen molar-refractivity contribution in [3.05, 3.63) is 27.9 Å². The van der Waals surface area contributed by atoms with Crippen LogP contribution in [0.15, 0.2) is 11.1 Å². The molecule has 0 unspecified atom stereocenters. The van der Waals surface area contributed by atoms with E-state index in [1.165, 1.54) is 58.0 Å². The summed E-state index contributed by atoms with van der Waals surface area (Å²) in [5.41, 5.74) is 1.79. The molecule has 3 rings (SSSR count). The highest BCUT2D eigenvalue weighted by Gasteiger charge is 2.26. The van der Waals surface area contributed by atoms with Crippen molar-refractivity contribution in [1.29, 1.82) is 0 Å². The van der Waals surface area contributed by atoms with Gasteiger partial charge in [0.1, 0.15) is 0 Å². The molecule has 1 aliphatic heterocycles. The number of likely N-dealkylation sites (tertiary alicyclic amines) is 1. The molecule has 0 amide bonds. The fourth-order valence-corrected chi connectivity index (χ4v) is 4.03. The van der Waals surface area contributed by atoms with Crippen LogP contribution in [0.5, 0.6) is 0 Å². The molecule has 2 aliphatic rings. The van der Waals surface area contributed by atoms with E-state index in [-0.39, 0.29) is 5.56 Å². The smallest absolute Gasteiger partial charge is 0.256 e. The molecule has 0 spiro atoms. The number of piperidine rings is 1. The summed E-state index contributed by atoms with van der Waals surface area (Å²) < 4.78 is 1.82. The first kappa shape index (κ1) is 15.7. The van der Waals surface area contributed by atoms with Crippen molar-refractivity contribution in [2.24, 2.45) is 5.92 Å². The minimum atomic E-state index is 0.141. The topological polar surface area (TPSA) is 38.1 Å². The highest BCUT2D eigenvalue weighted by molar-refractivity contribution is 5.12. The van der Waals surface area contributed by atoms with Crippen molar-refractivity contribution < 1.29 is 0 Å². The molecule has 1 saturated heterocycles. The van der Waals surface area contributed by atoms with E-state index in [1.807, 2.05) is 18.4 Å². The predicted molar refractivity (Wildman–Crippen MR) is 89.1 cm³/mol. The average molecular weight is 303 g/mol. The lowest BCUT2D eigenvalue weighted by molar-refractivity contribution is 0.101. The van der Waals surface area contributed by atoms with Gasteiger partial charge in [0.05, 0.1) is 6.33 Å². The molecule has 0 radical (unpaired) electrons.